The number of benzene rings is 2. The van der Waals surface area contributed by atoms with Crippen molar-refractivity contribution in [2.45, 2.75) is 13.2 Å². The number of ether oxygens (including phenoxy) is 1. The molecule has 116 valence electrons. The topological polar surface area (TPSA) is 78.8 Å². The number of phenols is 1. The Hall–Kier alpha value is -2.05. The number of carboxylic acid groups (broad SMARTS) is 1. The molecule has 0 bridgehead atoms. The Morgan fingerprint density at radius 1 is 1.18 bits per heavy atom. The van der Waals surface area contributed by atoms with Crippen molar-refractivity contribution in [3.8, 4) is 5.75 Å². The minimum Gasteiger partial charge on any atom is -0.508 e. The highest BCUT2D eigenvalue weighted by Gasteiger charge is 2.07. The normalized spacial score (nSPS) is 10.5. The molecule has 2 aromatic rings. The number of anilines is 1. The molecule has 0 aliphatic carbocycles. The van der Waals surface area contributed by atoms with E-state index in [2.05, 4.69) is 21.2 Å². The van der Waals surface area contributed by atoms with Gasteiger partial charge in [0.15, 0.2) is 0 Å². The SMILES string of the molecule is COCc1cc(NCc2cc(O)cc(Br)c2)cc(C(=O)O)c1. The third-order valence-corrected chi connectivity index (χ3v) is 3.45. The second-order valence-electron chi connectivity index (χ2n) is 4.83. The van der Waals surface area contributed by atoms with Gasteiger partial charge >= 0.3 is 5.97 Å². The number of carbonyl (C=O) groups is 1. The van der Waals surface area contributed by atoms with Gasteiger partial charge in [-0.1, -0.05) is 15.9 Å². The van der Waals surface area contributed by atoms with E-state index in [1.54, 1.807) is 31.4 Å². The van der Waals surface area contributed by atoms with Gasteiger partial charge in [0.25, 0.3) is 0 Å². The lowest BCUT2D eigenvalue weighted by atomic mass is 10.1. The van der Waals surface area contributed by atoms with Crippen LogP contribution >= 0.6 is 15.9 Å². The first-order valence-corrected chi connectivity index (χ1v) is 7.36. The highest BCUT2D eigenvalue weighted by atomic mass is 79.9. The summed E-state index contributed by atoms with van der Waals surface area (Å²) in [7, 11) is 1.56. The molecule has 0 unspecified atom stereocenters. The zero-order chi connectivity index (χ0) is 16.1. The zero-order valence-corrected chi connectivity index (χ0v) is 13.6. The van der Waals surface area contributed by atoms with Crippen LogP contribution in [0.1, 0.15) is 21.5 Å². The van der Waals surface area contributed by atoms with Crippen molar-refractivity contribution in [2.75, 3.05) is 12.4 Å². The fourth-order valence-electron chi connectivity index (χ4n) is 2.11. The molecule has 0 atom stereocenters. The average Bonchev–Trinajstić information content (AvgIpc) is 2.44. The van der Waals surface area contributed by atoms with Crippen LogP contribution in [0.25, 0.3) is 0 Å². The van der Waals surface area contributed by atoms with Crippen molar-refractivity contribution in [3.05, 3.63) is 57.6 Å². The third kappa shape index (κ3) is 4.47. The van der Waals surface area contributed by atoms with Gasteiger partial charge in [0.05, 0.1) is 12.2 Å². The largest absolute Gasteiger partial charge is 0.508 e. The molecule has 0 aromatic heterocycles. The van der Waals surface area contributed by atoms with Crippen molar-refractivity contribution in [2.24, 2.45) is 0 Å². The number of aromatic hydroxyl groups is 1. The van der Waals surface area contributed by atoms with E-state index in [1.807, 2.05) is 12.1 Å². The molecule has 0 saturated carbocycles. The van der Waals surface area contributed by atoms with Crippen LogP contribution in [0.3, 0.4) is 0 Å². The summed E-state index contributed by atoms with van der Waals surface area (Å²) < 4.78 is 5.83. The monoisotopic (exact) mass is 365 g/mol. The number of halogens is 1. The number of rotatable bonds is 6. The maximum absolute atomic E-state index is 11.2. The Kier molecular flexibility index (Phi) is 5.41. The second kappa shape index (κ2) is 7.29. The number of nitrogens with one attached hydrogen (secondary N) is 1. The van der Waals surface area contributed by atoms with Crippen LogP contribution in [0.15, 0.2) is 40.9 Å². The van der Waals surface area contributed by atoms with E-state index >= 15 is 0 Å². The van der Waals surface area contributed by atoms with Crippen molar-refractivity contribution >= 4 is 27.6 Å². The zero-order valence-electron chi connectivity index (χ0n) is 12.0. The summed E-state index contributed by atoms with van der Waals surface area (Å²) >= 11 is 3.32. The minimum atomic E-state index is -0.985. The highest BCUT2D eigenvalue weighted by molar-refractivity contribution is 9.10. The maximum Gasteiger partial charge on any atom is 0.335 e. The summed E-state index contributed by atoms with van der Waals surface area (Å²) in [6, 6.07) is 10.1. The number of hydrogen-bond acceptors (Lipinski definition) is 4. The van der Waals surface area contributed by atoms with Crippen molar-refractivity contribution in [1.82, 2.24) is 0 Å². The summed E-state index contributed by atoms with van der Waals surface area (Å²) in [4.78, 5) is 11.2. The molecular weight excluding hydrogens is 350 g/mol. The molecule has 0 aliphatic heterocycles. The molecule has 5 nitrogen and oxygen atoms in total. The summed E-state index contributed by atoms with van der Waals surface area (Å²) in [5.41, 5.74) is 2.54. The lowest BCUT2D eigenvalue weighted by Crippen LogP contribution is -2.04. The van der Waals surface area contributed by atoms with Gasteiger partial charge in [0, 0.05) is 23.8 Å². The van der Waals surface area contributed by atoms with Crippen LogP contribution in [0.5, 0.6) is 5.75 Å². The van der Waals surface area contributed by atoms with E-state index in [0.717, 1.165) is 15.6 Å². The summed E-state index contributed by atoms with van der Waals surface area (Å²) in [5.74, 6) is -0.813. The van der Waals surface area contributed by atoms with E-state index in [9.17, 15) is 9.90 Å². The Morgan fingerprint density at radius 3 is 2.59 bits per heavy atom. The van der Waals surface area contributed by atoms with E-state index in [0.29, 0.717) is 18.8 Å². The lowest BCUT2D eigenvalue weighted by Gasteiger charge is -2.11. The molecule has 6 heteroatoms. The maximum atomic E-state index is 11.2. The van der Waals surface area contributed by atoms with Crippen LogP contribution < -0.4 is 5.32 Å². The average molecular weight is 366 g/mol. The molecule has 2 rings (SSSR count). The molecule has 0 radical (unpaired) electrons. The molecule has 0 fully saturated rings. The smallest absolute Gasteiger partial charge is 0.335 e. The van der Waals surface area contributed by atoms with E-state index in [-0.39, 0.29) is 11.3 Å². The Bertz CT molecular complexity index is 668. The Balaban J connectivity index is 2.19. The van der Waals surface area contributed by atoms with Crippen molar-refractivity contribution in [1.29, 1.82) is 0 Å². The molecular formula is C16H16BrNO4. The number of phenolic OH excluding ortho intramolecular Hbond substituents is 1. The van der Waals surface area contributed by atoms with Gasteiger partial charge in [-0.25, -0.2) is 4.79 Å². The van der Waals surface area contributed by atoms with Crippen LogP contribution in [-0.2, 0) is 17.9 Å². The standard InChI is InChI=1S/C16H16BrNO4/c1-22-9-11-2-12(16(20)21)6-14(4-11)18-8-10-3-13(17)7-15(19)5-10/h2-7,18-19H,8-9H2,1H3,(H,20,21). The number of aromatic carboxylic acids is 1. The van der Waals surface area contributed by atoms with E-state index < -0.39 is 5.97 Å². The van der Waals surface area contributed by atoms with Gasteiger partial charge in [-0.15, -0.1) is 0 Å². The van der Waals surface area contributed by atoms with Gasteiger partial charge in [-0.3, -0.25) is 0 Å². The van der Waals surface area contributed by atoms with Gasteiger partial charge in [-0.05, 0) is 47.5 Å². The Morgan fingerprint density at radius 2 is 1.95 bits per heavy atom. The molecule has 0 heterocycles. The fourth-order valence-corrected chi connectivity index (χ4v) is 2.64. The van der Waals surface area contributed by atoms with Crippen molar-refractivity contribution in [3.63, 3.8) is 0 Å². The molecule has 0 saturated heterocycles. The van der Waals surface area contributed by atoms with Gasteiger partial charge in [-0.2, -0.15) is 0 Å². The van der Waals surface area contributed by atoms with Crippen LogP contribution in [0.4, 0.5) is 5.69 Å². The van der Waals surface area contributed by atoms with Gasteiger partial charge in [0.1, 0.15) is 5.75 Å². The third-order valence-electron chi connectivity index (χ3n) is 2.99. The van der Waals surface area contributed by atoms with Gasteiger partial charge in [0.2, 0.25) is 0 Å². The number of hydrogen-bond donors (Lipinski definition) is 3. The molecule has 22 heavy (non-hydrogen) atoms. The van der Waals surface area contributed by atoms with Crippen LogP contribution in [0.2, 0.25) is 0 Å². The summed E-state index contributed by atoms with van der Waals surface area (Å²) in [5, 5.41) is 21.9. The quantitative estimate of drug-likeness (QED) is 0.728. The fraction of sp³-hybridized carbons (Fsp3) is 0.188. The van der Waals surface area contributed by atoms with E-state index in [1.165, 1.54) is 0 Å². The molecule has 0 amide bonds. The summed E-state index contributed by atoms with van der Waals surface area (Å²) in [6.07, 6.45) is 0. The first kappa shape index (κ1) is 16.3. The minimum absolute atomic E-state index is 0.172. The number of methoxy groups -OCH3 is 1. The lowest BCUT2D eigenvalue weighted by molar-refractivity contribution is 0.0696. The summed E-state index contributed by atoms with van der Waals surface area (Å²) in [6.45, 7) is 0.802. The van der Waals surface area contributed by atoms with Crippen LogP contribution in [0, 0.1) is 0 Å². The molecule has 3 N–H and O–H groups in total. The molecule has 0 spiro atoms. The Labute approximate surface area is 136 Å². The first-order chi connectivity index (χ1) is 10.5. The predicted molar refractivity (Wildman–Crippen MR) is 87.2 cm³/mol. The van der Waals surface area contributed by atoms with Gasteiger partial charge < -0.3 is 20.3 Å². The number of carboxylic acids is 1. The first-order valence-electron chi connectivity index (χ1n) is 6.56. The predicted octanol–water partition coefficient (Wildman–Crippen LogP) is 3.61. The molecule has 2 aromatic carbocycles. The van der Waals surface area contributed by atoms with Crippen molar-refractivity contribution < 1.29 is 19.7 Å². The van der Waals surface area contributed by atoms with Crippen LogP contribution in [-0.4, -0.2) is 23.3 Å². The second-order valence-corrected chi connectivity index (χ2v) is 5.74. The molecule has 0 aliphatic rings. The van der Waals surface area contributed by atoms with E-state index in [4.69, 9.17) is 9.84 Å². The highest BCUT2D eigenvalue weighted by Crippen LogP contribution is 2.22.